The number of aliphatic hydroxyl groups is 1. The number of benzene rings is 1. The summed E-state index contributed by atoms with van der Waals surface area (Å²) < 4.78 is 0.784. The molecule has 1 aromatic carbocycles. The number of phenols is 1. The molecule has 0 aliphatic rings. The van der Waals surface area contributed by atoms with Crippen LogP contribution in [0.2, 0.25) is 0 Å². The van der Waals surface area contributed by atoms with Crippen molar-refractivity contribution in [1.82, 2.24) is 0 Å². The highest BCUT2D eigenvalue weighted by Gasteiger charge is 2.15. The Bertz CT molecular complexity index is 307. The molecular formula is C9H13BrClNO2. The Kier molecular flexibility index (Phi) is 5.44. The van der Waals surface area contributed by atoms with Gasteiger partial charge in [0.25, 0.3) is 0 Å². The third-order valence-electron chi connectivity index (χ3n) is 1.87. The smallest absolute Gasteiger partial charge is 0.121 e. The number of hydrogen-bond donors (Lipinski definition) is 3. The van der Waals surface area contributed by atoms with E-state index in [1.54, 1.807) is 25.1 Å². The van der Waals surface area contributed by atoms with Crippen molar-refractivity contribution < 1.29 is 10.2 Å². The van der Waals surface area contributed by atoms with E-state index < -0.39 is 12.1 Å². The van der Waals surface area contributed by atoms with Crippen LogP contribution in [0.15, 0.2) is 22.7 Å². The van der Waals surface area contributed by atoms with E-state index in [4.69, 9.17) is 5.73 Å². The van der Waals surface area contributed by atoms with Crippen LogP contribution in [0.4, 0.5) is 0 Å². The normalized spacial score (nSPS) is 14.3. The second-order valence-corrected chi connectivity index (χ2v) is 3.89. The summed E-state index contributed by atoms with van der Waals surface area (Å²) in [7, 11) is 0. The number of hydrogen-bond acceptors (Lipinski definition) is 3. The van der Waals surface area contributed by atoms with Crippen LogP contribution in [0.3, 0.4) is 0 Å². The first-order valence-electron chi connectivity index (χ1n) is 3.94. The van der Waals surface area contributed by atoms with E-state index in [2.05, 4.69) is 15.9 Å². The fourth-order valence-corrected chi connectivity index (χ4v) is 1.41. The van der Waals surface area contributed by atoms with Crippen molar-refractivity contribution in [3.05, 3.63) is 28.2 Å². The largest absolute Gasteiger partial charge is 0.508 e. The Morgan fingerprint density at radius 3 is 2.43 bits per heavy atom. The summed E-state index contributed by atoms with van der Waals surface area (Å²) >= 11 is 3.22. The molecule has 0 aliphatic heterocycles. The Balaban J connectivity index is 0.00000169. The summed E-state index contributed by atoms with van der Waals surface area (Å²) in [4.78, 5) is 0. The lowest BCUT2D eigenvalue weighted by Gasteiger charge is -2.16. The standard InChI is InChI=1S/C9H12BrNO2.ClH/c1-5(12)9(11)7-3-2-6(10)4-8(7)13;/h2-5,9,12-13H,11H2,1H3;1H/t5-,9-;/m1./s1. The van der Waals surface area contributed by atoms with E-state index in [1.165, 1.54) is 0 Å². The van der Waals surface area contributed by atoms with Gasteiger partial charge in [-0.3, -0.25) is 0 Å². The van der Waals surface area contributed by atoms with Gasteiger partial charge in [0.15, 0.2) is 0 Å². The van der Waals surface area contributed by atoms with Crippen LogP contribution in [0.25, 0.3) is 0 Å². The summed E-state index contributed by atoms with van der Waals surface area (Å²) in [5.41, 5.74) is 6.22. The number of aromatic hydroxyl groups is 1. The highest BCUT2D eigenvalue weighted by molar-refractivity contribution is 9.10. The fraction of sp³-hybridized carbons (Fsp3) is 0.333. The first kappa shape index (κ1) is 13.7. The number of aliphatic hydroxyl groups excluding tert-OH is 1. The minimum absolute atomic E-state index is 0. The summed E-state index contributed by atoms with van der Waals surface area (Å²) in [5.74, 6) is 0.0998. The van der Waals surface area contributed by atoms with Crippen molar-refractivity contribution in [2.75, 3.05) is 0 Å². The molecule has 0 aromatic heterocycles. The van der Waals surface area contributed by atoms with Crippen LogP contribution in [0, 0.1) is 0 Å². The zero-order valence-electron chi connectivity index (χ0n) is 7.64. The highest BCUT2D eigenvalue weighted by Crippen LogP contribution is 2.27. The van der Waals surface area contributed by atoms with Gasteiger partial charge in [-0.1, -0.05) is 22.0 Å². The van der Waals surface area contributed by atoms with Gasteiger partial charge in [-0.25, -0.2) is 0 Å². The van der Waals surface area contributed by atoms with Crippen molar-refractivity contribution in [2.45, 2.75) is 19.1 Å². The molecular weight excluding hydrogens is 269 g/mol. The zero-order valence-corrected chi connectivity index (χ0v) is 10.0. The summed E-state index contributed by atoms with van der Waals surface area (Å²) in [6.45, 7) is 1.59. The predicted molar refractivity (Wildman–Crippen MR) is 61.7 cm³/mol. The molecule has 0 aliphatic carbocycles. The first-order valence-corrected chi connectivity index (χ1v) is 4.73. The minimum atomic E-state index is -0.674. The van der Waals surface area contributed by atoms with E-state index in [9.17, 15) is 10.2 Å². The van der Waals surface area contributed by atoms with Crippen LogP contribution < -0.4 is 5.73 Å². The minimum Gasteiger partial charge on any atom is -0.508 e. The molecule has 5 heteroatoms. The average molecular weight is 283 g/mol. The lowest BCUT2D eigenvalue weighted by molar-refractivity contribution is 0.163. The third kappa shape index (κ3) is 3.13. The SMILES string of the molecule is C[C@@H](O)[C@@H](N)c1ccc(Br)cc1O.Cl. The maximum absolute atomic E-state index is 9.49. The molecule has 1 rings (SSSR count). The van der Waals surface area contributed by atoms with Crippen molar-refractivity contribution in [3.8, 4) is 5.75 Å². The van der Waals surface area contributed by atoms with E-state index in [-0.39, 0.29) is 18.2 Å². The molecule has 0 fully saturated rings. The van der Waals surface area contributed by atoms with E-state index in [0.29, 0.717) is 5.56 Å². The maximum Gasteiger partial charge on any atom is 0.121 e. The molecule has 80 valence electrons. The van der Waals surface area contributed by atoms with Gasteiger partial charge in [-0.15, -0.1) is 12.4 Å². The van der Waals surface area contributed by atoms with E-state index in [1.807, 2.05) is 0 Å². The van der Waals surface area contributed by atoms with Crippen LogP contribution in [0.5, 0.6) is 5.75 Å². The molecule has 0 spiro atoms. The predicted octanol–water partition coefficient (Wildman–Crippen LogP) is 1.96. The van der Waals surface area contributed by atoms with Gasteiger partial charge in [-0.05, 0) is 19.1 Å². The topological polar surface area (TPSA) is 66.5 Å². The van der Waals surface area contributed by atoms with Gasteiger partial charge in [0.2, 0.25) is 0 Å². The molecule has 0 saturated carbocycles. The summed E-state index contributed by atoms with van der Waals surface area (Å²) in [6, 6.07) is 4.47. The third-order valence-corrected chi connectivity index (χ3v) is 2.36. The lowest BCUT2D eigenvalue weighted by atomic mass is 10.0. The highest BCUT2D eigenvalue weighted by atomic mass is 79.9. The Labute approximate surface area is 97.5 Å². The van der Waals surface area contributed by atoms with Crippen LogP contribution in [-0.2, 0) is 0 Å². The van der Waals surface area contributed by atoms with Crippen molar-refractivity contribution in [1.29, 1.82) is 0 Å². The molecule has 0 bridgehead atoms. The lowest BCUT2D eigenvalue weighted by Crippen LogP contribution is -2.23. The van der Waals surface area contributed by atoms with Crippen molar-refractivity contribution in [2.24, 2.45) is 5.73 Å². The van der Waals surface area contributed by atoms with Gasteiger partial charge in [0, 0.05) is 10.0 Å². The molecule has 14 heavy (non-hydrogen) atoms. The second kappa shape index (κ2) is 5.56. The summed E-state index contributed by atoms with van der Waals surface area (Å²) in [5, 5.41) is 18.7. The maximum atomic E-state index is 9.49. The van der Waals surface area contributed by atoms with Crippen molar-refractivity contribution in [3.63, 3.8) is 0 Å². The van der Waals surface area contributed by atoms with Crippen LogP contribution >= 0.6 is 28.3 Å². The summed E-state index contributed by atoms with van der Waals surface area (Å²) in [6.07, 6.45) is -0.674. The van der Waals surface area contributed by atoms with Gasteiger partial charge in [0.05, 0.1) is 12.1 Å². The number of nitrogens with two attached hydrogens (primary N) is 1. The number of halogens is 2. The molecule has 0 unspecified atom stereocenters. The quantitative estimate of drug-likeness (QED) is 0.777. The Morgan fingerprint density at radius 1 is 1.43 bits per heavy atom. The molecule has 0 amide bonds. The Morgan fingerprint density at radius 2 is 2.00 bits per heavy atom. The fourth-order valence-electron chi connectivity index (χ4n) is 1.06. The van der Waals surface area contributed by atoms with Crippen LogP contribution in [0.1, 0.15) is 18.5 Å². The first-order chi connectivity index (χ1) is 6.02. The molecule has 0 heterocycles. The van der Waals surface area contributed by atoms with Gasteiger partial charge >= 0.3 is 0 Å². The molecule has 0 saturated heterocycles. The van der Waals surface area contributed by atoms with Gasteiger partial charge < -0.3 is 15.9 Å². The molecule has 1 aromatic rings. The van der Waals surface area contributed by atoms with E-state index in [0.717, 1.165) is 4.47 Å². The van der Waals surface area contributed by atoms with Gasteiger partial charge in [0.1, 0.15) is 5.75 Å². The Hall–Kier alpha value is -0.290. The van der Waals surface area contributed by atoms with Crippen molar-refractivity contribution >= 4 is 28.3 Å². The second-order valence-electron chi connectivity index (χ2n) is 2.97. The monoisotopic (exact) mass is 281 g/mol. The molecule has 3 nitrogen and oxygen atoms in total. The van der Waals surface area contributed by atoms with Gasteiger partial charge in [-0.2, -0.15) is 0 Å². The molecule has 2 atom stereocenters. The molecule has 4 N–H and O–H groups in total. The number of phenolic OH excluding ortho intramolecular Hbond substituents is 1. The zero-order chi connectivity index (χ0) is 10.0. The average Bonchev–Trinajstić information content (AvgIpc) is 2.03. The van der Waals surface area contributed by atoms with E-state index >= 15 is 0 Å². The number of rotatable bonds is 2. The molecule has 0 radical (unpaired) electrons. The van der Waals surface area contributed by atoms with Crippen LogP contribution in [-0.4, -0.2) is 16.3 Å².